The lowest BCUT2D eigenvalue weighted by Crippen LogP contribution is -2.04. The van der Waals surface area contributed by atoms with Gasteiger partial charge < -0.3 is 14.8 Å². The molecule has 134 valence electrons. The van der Waals surface area contributed by atoms with E-state index in [9.17, 15) is 4.79 Å². The Kier molecular flexibility index (Phi) is 5.70. The molecule has 3 aromatic rings. The van der Waals surface area contributed by atoms with Gasteiger partial charge in [0.25, 0.3) is 0 Å². The highest BCUT2D eigenvalue weighted by Crippen LogP contribution is 2.31. The molecule has 1 N–H and O–H groups in total. The Morgan fingerprint density at radius 1 is 1.31 bits per heavy atom. The van der Waals surface area contributed by atoms with Gasteiger partial charge in [-0.3, -0.25) is 0 Å². The Morgan fingerprint density at radius 3 is 2.88 bits per heavy atom. The summed E-state index contributed by atoms with van der Waals surface area (Å²) >= 11 is 7.67. The molecule has 0 fully saturated rings. The van der Waals surface area contributed by atoms with Gasteiger partial charge in [0, 0.05) is 17.6 Å². The molecule has 3 rings (SSSR count). The summed E-state index contributed by atoms with van der Waals surface area (Å²) in [5.41, 5.74) is 1.31. The first kappa shape index (κ1) is 18.2. The third kappa shape index (κ3) is 4.50. The average molecular weight is 390 g/mol. The van der Waals surface area contributed by atoms with Crippen LogP contribution in [0.4, 0.5) is 10.9 Å². The van der Waals surface area contributed by atoms with E-state index in [4.69, 9.17) is 21.1 Å². The first-order chi connectivity index (χ1) is 12.5. The van der Waals surface area contributed by atoms with Gasteiger partial charge in [-0.15, -0.1) is 11.3 Å². The van der Waals surface area contributed by atoms with Gasteiger partial charge in [0.05, 0.1) is 22.9 Å². The molecule has 0 radical (unpaired) electrons. The van der Waals surface area contributed by atoms with Gasteiger partial charge in [-0.25, -0.2) is 14.8 Å². The summed E-state index contributed by atoms with van der Waals surface area (Å²) in [5, 5.41) is 6.20. The summed E-state index contributed by atoms with van der Waals surface area (Å²) in [5.74, 6) is 1.05. The van der Waals surface area contributed by atoms with Gasteiger partial charge in [-0.05, 0) is 38.1 Å². The van der Waals surface area contributed by atoms with Crippen LogP contribution < -0.4 is 10.1 Å². The van der Waals surface area contributed by atoms with Crippen LogP contribution in [0, 0.1) is 6.92 Å². The molecule has 6 nitrogen and oxygen atoms in total. The number of carbonyl (C=O) groups excluding carboxylic acids is 1. The predicted molar refractivity (Wildman–Crippen MR) is 102 cm³/mol. The molecule has 26 heavy (non-hydrogen) atoms. The quantitative estimate of drug-likeness (QED) is 0.583. The maximum atomic E-state index is 11.9. The van der Waals surface area contributed by atoms with Crippen LogP contribution in [0.2, 0.25) is 5.02 Å². The first-order valence-corrected chi connectivity index (χ1v) is 9.10. The molecule has 0 aliphatic heterocycles. The molecule has 0 spiro atoms. The second-order valence-corrected chi connectivity index (χ2v) is 6.53. The van der Waals surface area contributed by atoms with Crippen molar-refractivity contribution >= 4 is 39.9 Å². The van der Waals surface area contributed by atoms with Gasteiger partial charge >= 0.3 is 5.97 Å². The van der Waals surface area contributed by atoms with Crippen LogP contribution in [0.15, 0.2) is 41.9 Å². The maximum absolute atomic E-state index is 11.9. The molecule has 0 saturated heterocycles. The number of pyridine rings is 1. The Balaban J connectivity index is 1.79. The maximum Gasteiger partial charge on any atom is 0.338 e. The van der Waals surface area contributed by atoms with Crippen molar-refractivity contribution in [2.75, 3.05) is 11.9 Å². The molecule has 2 aromatic heterocycles. The van der Waals surface area contributed by atoms with Crippen molar-refractivity contribution in [2.24, 2.45) is 0 Å². The molecule has 0 atom stereocenters. The summed E-state index contributed by atoms with van der Waals surface area (Å²) in [7, 11) is 0. The molecule has 0 aliphatic carbocycles. The number of esters is 1. The van der Waals surface area contributed by atoms with E-state index in [0.717, 1.165) is 10.8 Å². The Morgan fingerprint density at radius 2 is 2.15 bits per heavy atom. The largest absolute Gasteiger partial charge is 0.462 e. The molecule has 8 heteroatoms. The number of hydrogen-bond acceptors (Lipinski definition) is 7. The van der Waals surface area contributed by atoms with Gasteiger partial charge in [-0.2, -0.15) is 0 Å². The third-order valence-corrected chi connectivity index (χ3v) is 4.44. The number of halogens is 1. The van der Waals surface area contributed by atoms with Gasteiger partial charge in [-0.1, -0.05) is 11.6 Å². The number of rotatable bonds is 6. The number of nitrogens with zero attached hydrogens (tertiary/aromatic N) is 2. The fourth-order valence-electron chi connectivity index (χ4n) is 2.11. The van der Waals surface area contributed by atoms with Gasteiger partial charge in [0.15, 0.2) is 5.13 Å². The second kappa shape index (κ2) is 8.16. The fourth-order valence-corrected chi connectivity index (χ4v) is 2.97. The van der Waals surface area contributed by atoms with E-state index in [-0.39, 0.29) is 0 Å². The molecule has 0 aliphatic rings. The van der Waals surface area contributed by atoms with Gasteiger partial charge in [0.1, 0.15) is 17.3 Å². The summed E-state index contributed by atoms with van der Waals surface area (Å²) in [6, 6.07) is 8.17. The van der Waals surface area contributed by atoms with E-state index in [1.54, 1.807) is 43.5 Å². The number of benzene rings is 1. The second-order valence-electron chi connectivity index (χ2n) is 5.26. The Labute approximate surface area is 159 Å². The van der Waals surface area contributed by atoms with Crippen molar-refractivity contribution in [1.82, 2.24) is 9.97 Å². The normalized spacial score (nSPS) is 10.4. The molecule has 0 amide bonds. The summed E-state index contributed by atoms with van der Waals surface area (Å²) < 4.78 is 10.8. The van der Waals surface area contributed by atoms with Crippen molar-refractivity contribution in [1.29, 1.82) is 0 Å². The van der Waals surface area contributed by atoms with Crippen LogP contribution in [0.25, 0.3) is 0 Å². The van der Waals surface area contributed by atoms with Crippen molar-refractivity contribution in [2.45, 2.75) is 13.8 Å². The summed E-state index contributed by atoms with van der Waals surface area (Å²) in [4.78, 5) is 20.5. The molecule has 0 saturated carbocycles. The van der Waals surface area contributed by atoms with Crippen LogP contribution in [0.5, 0.6) is 11.5 Å². The van der Waals surface area contributed by atoms with E-state index in [2.05, 4.69) is 15.3 Å². The molecule has 0 unspecified atom stereocenters. The monoisotopic (exact) mass is 389 g/mol. The van der Waals surface area contributed by atoms with E-state index >= 15 is 0 Å². The zero-order valence-corrected chi connectivity index (χ0v) is 15.7. The topological polar surface area (TPSA) is 73.3 Å². The van der Waals surface area contributed by atoms with E-state index < -0.39 is 5.97 Å². The smallest absolute Gasteiger partial charge is 0.338 e. The highest BCUT2D eigenvalue weighted by atomic mass is 35.5. The highest BCUT2D eigenvalue weighted by molar-refractivity contribution is 7.13. The number of nitrogens with one attached hydrogen (secondary N) is 1. The number of carbonyl (C=O) groups is 1. The van der Waals surface area contributed by atoms with Crippen LogP contribution in [-0.4, -0.2) is 22.5 Å². The highest BCUT2D eigenvalue weighted by Gasteiger charge is 2.12. The van der Waals surface area contributed by atoms with Crippen LogP contribution >= 0.6 is 22.9 Å². The first-order valence-electron chi connectivity index (χ1n) is 7.85. The van der Waals surface area contributed by atoms with Crippen molar-refractivity contribution in [3.8, 4) is 11.5 Å². The lowest BCUT2D eigenvalue weighted by Gasteiger charge is -2.10. The van der Waals surface area contributed by atoms with E-state index in [0.29, 0.717) is 34.5 Å². The minimum Gasteiger partial charge on any atom is -0.462 e. The average Bonchev–Trinajstić information content (AvgIpc) is 3.02. The minimum absolute atomic E-state index is 0.299. The number of aromatic nitrogens is 2. The Hall–Kier alpha value is -2.64. The third-order valence-electron chi connectivity index (χ3n) is 3.26. The number of anilines is 2. The fraction of sp³-hybridized carbons (Fsp3) is 0.167. The lowest BCUT2D eigenvalue weighted by molar-refractivity contribution is 0.0526. The Bertz CT molecular complexity index is 930. The molecule has 2 heterocycles. The summed E-state index contributed by atoms with van der Waals surface area (Å²) in [6.07, 6.45) is 1.61. The lowest BCUT2D eigenvalue weighted by atomic mass is 10.2. The SMILES string of the molecule is CCOC(=O)c1ccc(Cl)c(Oc2ccnc(Nc3nc(C)cs3)c2)c1. The predicted octanol–water partition coefficient (Wildman–Crippen LogP) is 5.21. The number of aryl methyl sites for hydroxylation is 1. The van der Waals surface area contributed by atoms with Crippen LogP contribution in [-0.2, 0) is 4.74 Å². The number of ether oxygens (including phenoxy) is 2. The number of hydrogen-bond donors (Lipinski definition) is 1. The van der Waals surface area contributed by atoms with Gasteiger partial charge in [0.2, 0.25) is 0 Å². The summed E-state index contributed by atoms with van der Waals surface area (Å²) in [6.45, 7) is 3.97. The standard InChI is InChI=1S/C18H16ClN3O3S/c1-3-24-17(23)12-4-5-14(19)15(8-12)25-13-6-7-20-16(9-13)22-18-21-11(2)10-26-18/h4-10H,3H2,1-2H3,(H,20,21,22). The molecule has 0 bridgehead atoms. The number of thiazole rings is 1. The van der Waals surface area contributed by atoms with Crippen LogP contribution in [0.3, 0.4) is 0 Å². The molecule has 1 aromatic carbocycles. The minimum atomic E-state index is -0.426. The van der Waals surface area contributed by atoms with E-state index in [1.807, 2.05) is 12.3 Å². The zero-order chi connectivity index (χ0) is 18.5. The van der Waals surface area contributed by atoms with Crippen molar-refractivity contribution < 1.29 is 14.3 Å². The molecular weight excluding hydrogens is 374 g/mol. The zero-order valence-electron chi connectivity index (χ0n) is 14.2. The van der Waals surface area contributed by atoms with E-state index in [1.165, 1.54) is 11.3 Å². The van der Waals surface area contributed by atoms with Crippen molar-refractivity contribution in [3.63, 3.8) is 0 Å². The molecular formula is C18H16ClN3O3S. The van der Waals surface area contributed by atoms with Crippen LogP contribution in [0.1, 0.15) is 23.0 Å². The van der Waals surface area contributed by atoms with Crippen molar-refractivity contribution in [3.05, 3.63) is 58.2 Å².